The van der Waals surface area contributed by atoms with Gasteiger partial charge >= 0.3 is 0 Å². The van der Waals surface area contributed by atoms with E-state index in [0.29, 0.717) is 19.2 Å². The molecule has 3 heteroatoms. The van der Waals surface area contributed by atoms with Crippen LogP contribution in [0.2, 0.25) is 0 Å². The molecule has 0 saturated heterocycles. The number of aryl methyl sites for hydroxylation is 1. The Morgan fingerprint density at radius 2 is 2.18 bits per heavy atom. The van der Waals surface area contributed by atoms with Crippen molar-refractivity contribution in [3.63, 3.8) is 0 Å². The van der Waals surface area contributed by atoms with Crippen LogP contribution in [0.4, 0.5) is 0 Å². The first-order chi connectivity index (χ1) is 8.29. The molecule has 0 amide bonds. The monoisotopic (exact) mass is 235 g/mol. The van der Waals surface area contributed by atoms with Crippen molar-refractivity contribution in [1.82, 2.24) is 5.32 Å². The van der Waals surface area contributed by atoms with E-state index in [2.05, 4.69) is 29.6 Å². The summed E-state index contributed by atoms with van der Waals surface area (Å²) in [6.07, 6.45) is 2.94. The lowest BCUT2D eigenvalue weighted by atomic mass is 9.88. The van der Waals surface area contributed by atoms with E-state index in [-0.39, 0.29) is 0 Å². The molecular formula is C14H21NO2. The molecule has 1 aromatic carbocycles. The molecule has 3 nitrogen and oxygen atoms in total. The quantitative estimate of drug-likeness (QED) is 0.804. The lowest BCUT2D eigenvalue weighted by Crippen LogP contribution is -2.40. The number of aliphatic hydroxyl groups excluding tert-OH is 1. The number of benzene rings is 1. The van der Waals surface area contributed by atoms with Crippen molar-refractivity contribution in [1.29, 1.82) is 0 Å². The van der Waals surface area contributed by atoms with Crippen molar-refractivity contribution in [2.24, 2.45) is 0 Å². The second-order valence-corrected chi connectivity index (χ2v) is 4.73. The second kappa shape index (κ2) is 6.15. The maximum Gasteiger partial charge on any atom is 0.0897 e. The lowest BCUT2D eigenvalue weighted by molar-refractivity contribution is 0.0624. The van der Waals surface area contributed by atoms with Crippen LogP contribution >= 0.6 is 0 Å². The van der Waals surface area contributed by atoms with Crippen LogP contribution in [-0.2, 0) is 17.6 Å². The molecule has 2 rings (SSSR count). The van der Waals surface area contributed by atoms with E-state index in [4.69, 9.17) is 4.74 Å². The molecule has 0 aliphatic heterocycles. The topological polar surface area (TPSA) is 41.5 Å². The van der Waals surface area contributed by atoms with Crippen LogP contribution in [0.1, 0.15) is 17.5 Å². The fourth-order valence-electron chi connectivity index (χ4n) is 2.43. The van der Waals surface area contributed by atoms with Gasteiger partial charge in [0.25, 0.3) is 0 Å². The van der Waals surface area contributed by atoms with Crippen LogP contribution in [0.3, 0.4) is 0 Å². The molecule has 1 aromatic rings. The molecular weight excluding hydrogens is 214 g/mol. The summed E-state index contributed by atoms with van der Waals surface area (Å²) >= 11 is 0. The van der Waals surface area contributed by atoms with Gasteiger partial charge in [0.05, 0.1) is 12.7 Å². The molecule has 0 bridgehead atoms. The van der Waals surface area contributed by atoms with Crippen molar-refractivity contribution < 1.29 is 9.84 Å². The molecule has 0 radical (unpaired) electrons. The third kappa shape index (κ3) is 3.53. The minimum Gasteiger partial charge on any atom is -0.389 e. The summed E-state index contributed by atoms with van der Waals surface area (Å²) in [6.45, 7) is 1.01. The van der Waals surface area contributed by atoms with Crippen molar-refractivity contribution in [3.8, 4) is 0 Å². The summed E-state index contributed by atoms with van der Waals surface area (Å²) in [4.78, 5) is 0. The lowest BCUT2D eigenvalue weighted by Gasteiger charge is -2.26. The van der Waals surface area contributed by atoms with Gasteiger partial charge in [-0.1, -0.05) is 24.3 Å². The average molecular weight is 235 g/mol. The Balaban J connectivity index is 1.82. The molecule has 1 aliphatic rings. The fourth-order valence-corrected chi connectivity index (χ4v) is 2.43. The number of aliphatic hydroxyl groups is 1. The first-order valence-corrected chi connectivity index (χ1v) is 6.26. The van der Waals surface area contributed by atoms with Gasteiger partial charge in [-0.25, -0.2) is 0 Å². The highest BCUT2D eigenvalue weighted by Crippen LogP contribution is 2.20. The van der Waals surface area contributed by atoms with Gasteiger partial charge < -0.3 is 15.2 Å². The Kier molecular flexibility index (Phi) is 4.54. The van der Waals surface area contributed by atoms with E-state index >= 15 is 0 Å². The zero-order chi connectivity index (χ0) is 12.1. The van der Waals surface area contributed by atoms with Crippen molar-refractivity contribution in [3.05, 3.63) is 35.4 Å². The average Bonchev–Trinajstić information content (AvgIpc) is 2.36. The van der Waals surface area contributed by atoms with Crippen LogP contribution in [0, 0.1) is 0 Å². The highest BCUT2D eigenvalue weighted by atomic mass is 16.5. The van der Waals surface area contributed by atoms with Crippen molar-refractivity contribution in [2.75, 3.05) is 20.3 Å². The Labute approximate surface area is 103 Å². The number of fused-ring (bicyclic) bond motifs is 1. The Morgan fingerprint density at radius 1 is 1.41 bits per heavy atom. The van der Waals surface area contributed by atoms with Gasteiger partial charge in [0, 0.05) is 19.7 Å². The maximum absolute atomic E-state index is 9.59. The molecule has 94 valence electrons. The SMILES string of the molecule is COCC(O)CNC1CCc2ccccc2C1. The molecule has 2 unspecified atom stereocenters. The molecule has 1 aliphatic carbocycles. The van der Waals surface area contributed by atoms with E-state index in [1.165, 1.54) is 11.1 Å². The van der Waals surface area contributed by atoms with Gasteiger partial charge in [-0.15, -0.1) is 0 Å². The zero-order valence-electron chi connectivity index (χ0n) is 10.4. The van der Waals surface area contributed by atoms with E-state index < -0.39 is 6.10 Å². The number of methoxy groups -OCH3 is 1. The molecule has 0 heterocycles. The van der Waals surface area contributed by atoms with Gasteiger partial charge in [0.15, 0.2) is 0 Å². The first-order valence-electron chi connectivity index (χ1n) is 6.26. The minimum atomic E-state index is -0.405. The van der Waals surface area contributed by atoms with Crippen LogP contribution in [0.25, 0.3) is 0 Å². The maximum atomic E-state index is 9.59. The number of hydrogen-bond acceptors (Lipinski definition) is 3. The molecule has 2 N–H and O–H groups in total. The fraction of sp³-hybridized carbons (Fsp3) is 0.571. The van der Waals surface area contributed by atoms with Crippen LogP contribution in [0.15, 0.2) is 24.3 Å². The van der Waals surface area contributed by atoms with Crippen molar-refractivity contribution >= 4 is 0 Å². The number of rotatable bonds is 5. The second-order valence-electron chi connectivity index (χ2n) is 4.73. The van der Waals surface area contributed by atoms with Gasteiger partial charge in [0.1, 0.15) is 0 Å². The highest BCUT2D eigenvalue weighted by molar-refractivity contribution is 5.30. The number of hydrogen-bond donors (Lipinski definition) is 2. The number of ether oxygens (including phenoxy) is 1. The van der Waals surface area contributed by atoms with Crippen LogP contribution in [-0.4, -0.2) is 37.5 Å². The molecule has 2 atom stereocenters. The van der Waals surface area contributed by atoms with Crippen LogP contribution in [0.5, 0.6) is 0 Å². The summed E-state index contributed by atoms with van der Waals surface area (Å²) in [7, 11) is 1.61. The van der Waals surface area contributed by atoms with E-state index in [9.17, 15) is 5.11 Å². The molecule has 0 saturated carbocycles. The third-order valence-corrected chi connectivity index (χ3v) is 3.35. The first kappa shape index (κ1) is 12.6. The number of nitrogens with one attached hydrogen (secondary N) is 1. The molecule has 0 spiro atoms. The van der Waals surface area contributed by atoms with Gasteiger partial charge in [-0.3, -0.25) is 0 Å². The molecule has 0 aromatic heterocycles. The zero-order valence-corrected chi connectivity index (χ0v) is 10.4. The Morgan fingerprint density at radius 3 is 2.94 bits per heavy atom. The van der Waals surface area contributed by atoms with E-state index in [1.807, 2.05) is 0 Å². The smallest absolute Gasteiger partial charge is 0.0897 e. The standard InChI is InChI=1S/C14H21NO2/c1-17-10-14(16)9-15-13-7-6-11-4-2-3-5-12(11)8-13/h2-5,13-16H,6-10H2,1H3. The minimum absolute atomic E-state index is 0.399. The van der Waals surface area contributed by atoms with Gasteiger partial charge in [-0.2, -0.15) is 0 Å². The summed E-state index contributed by atoms with van der Waals surface area (Å²) < 4.78 is 4.91. The summed E-state index contributed by atoms with van der Waals surface area (Å²) in [6, 6.07) is 9.10. The summed E-state index contributed by atoms with van der Waals surface area (Å²) in [5.74, 6) is 0. The normalized spacial score (nSPS) is 20.9. The summed E-state index contributed by atoms with van der Waals surface area (Å²) in [5.41, 5.74) is 2.92. The van der Waals surface area contributed by atoms with Gasteiger partial charge in [-0.05, 0) is 30.4 Å². The predicted molar refractivity (Wildman–Crippen MR) is 68.1 cm³/mol. The third-order valence-electron chi connectivity index (χ3n) is 3.35. The molecule has 0 fully saturated rings. The predicted octanol–water partition coefficient (Wildman–Crippen LogP) is 1.14. The summed E-state index contributed by atoms with van der Waals surface area (Å²) in [5, 5.41) is 13.0. The Bertz CT molecular complexity index is 354. The van der Waals surface area contributed by atoms with Crippen molar-refractivity contribution in [2.45, 2.75) is 31.4 Å². The molecule has 17 heavy (non-hydrogen) atoms. The van der Waals surface area contributed by atoms with Gasteiger partial charge in [0.2, 0.25) is 0 Å². The largest absolute Gasteiger partial charge is 0.389 e. The van der Waals surface area contributed by atoms with Crippen LogP contribution < -0.4 is 5.32 Å². The Hall–Kier alpha value is -0.900. The highest BCUT2D eigenvalue weighted by Gasteiger charge is 2.18. The van der Waals surface area contributed by atoms with E-state index in [1.54, 1.807) is 7.11 Å². The van der Waals surface area contributed by atoms with E-state index in [0.717, 1.165) is 19.3 Å².